The van der Waals surface area contributed by atoms with Crippen molar-refractivity contribution in [2.24, 2.45) is 0 Å². The molecule has 0 atom stereocenters. The van der Waals surface area contributed by atoms with Crippen molar-refractivity contribution in [3.8, 4) is 0 Å². The number of carbonyl (C=O) groups excluding carboxylic acids is 1. The SMILES string of the molecule is O=C(c1ccnnc1)N1CCN(c2nnc(Nc3ccc4[nH]ncc4c3)s2)CC1. The molecule has 1 amide bonds. The topological polar surface area (TPSA) is 116 Å². The third kappa shape index (κ3) is 3.59. The first-order valence-electron chi connectivity index (χ1n) is 9.11. The molecule has 3 aromatic heterocycles. The zero-order chi connectivity index (χ0) is 19.6. The number of fused-ring (bicyclic) bond motifs is 1. The third-order valence-electron chi connectivity index (χ3n) is 4.77. The van der Waals surface area contributed by atoms with Crippen molar-refractivity contribution in [3.63, 3.8) is 0 Å². The van der Waals surface area contributed by atoms with Crippen molar-refractivity contribution >= 4 is 44.1 Å². The first kappa shape index (κ1) is 17.5. The Morgan fingerprint density at radius 2 is 1.97 bits per heavy atom. The van der Waals surface area contributed by atoms with Crippen LogP contribution in [0.1, 0.15) is 10.4 Å². The fourth-order valence-corrected chi connectivity index (χ4v) is 4.06. The monoisotopic (exact) mass is 407 g/mol. The average molecular weight is 407 g/mol. The van der Waals surface area contributed by atoms with Gasteiger partial charge in [0, 0.05) is 37.3 Å². The number of anilines is 3. The van der Waals surface area contributed by atoms with Gasteiger partial charge in [-0.1, -0.05) is 11.3 Å². The lowest BCUT2D eigenvalue weighted by Crippen LogP contribution is -2.48. The van der Waals surface area contributed by atoms with Crippen molar-refractivity contribution in [3.05, 3.63) is 48.4 Å². The van der Waals surface area contributed by atoms with E-state index >= 15 is 0 Å². The summed E-state index contributed by atoms with van der Waals surface area (Å²) in [5.74, 6) is -0.0196. The molecule has 10 nitrogen and oxygen atoms in total. The van der Waals surface area contributed by atoms with E-state index in [9.17, 15) is 4.79 Å². The number of benzene rings is 1. The Balaban J connectivity index is 1.22. The van der Waals surface area contributed by atoms with Gasteiger partial charge in [-0.05, 0) is 24.3 Å². The number of piperazine rings is 1. The highest BCUT2D eigenvalue weighted by Gasteiger charge is 2.24. The number of carbonyl (C=O) groups is 1. The van der Waals surface area contributed by atoms with Crippen LogP contribution in [0.4, 0.5) is 16.0 Å². The highest BCUT2D eigenvalue weighted by Crippen LogP contribution is 2.28. The van der Waals surface area contributed by atoms with Crippen LogP contribution in [0, 0.1) is 0 Å². The Morgan fingerprint density at radius 3 is 2.79 bits per heavy atom. The summed E-state index contributed by atoms with van der Waals surface area (Å²) in [6.07, 6.45) is 4.82. The van der Waals surface area contributed by atoms with Crippen LogP contribution in [0.3, 0.4) is 0 Å². The Labute approximate surface area is 169 Å². The molecule has 2 N–H and O–H groups in total. The van der Waals surface area contributed by atoms with E-state index in [0.717, 1.165) is 26.9 Å². The maximum atomic E-state index is 12.5. The molecule has 29 heavy (non-hydrogen) atoms. The summed E-state index contributed by atoms with van der Waals surface area (Å²) < 4.78 is 0. The van der Waals surface area contributed by atoms with Crippen molar-refractivity contribution in [1.29, 1.82) is 0 Å². The first-order chi connectivity index (χ1) is 14.3. The Bertz CT molecular complexity index is 1130. The average Bonchev–Trinajstić information content (AvgIpc) is 3.43. The third-order valence-corrected chi connectivity index (χ3v) is 5.67. The van der Waals surface area contributed by atoms with Crippen LogP contribution in [0.5, 0.6) is 0 Å². The quantitative estimate of drug-likeness (QED) is 0.527. The van der Waals surface area contributed by atoms with E-state index in [-0.39, 0.29) is 5.91 Å². The molecule has 0 radical (unpaired) electrons. The van der Waals surface area contributed by atoms with Gasteiger partial charge < -0.3 is 15.1 Å². The van der Waals surface area contributed by atoms with Crippen LogP contribution in [0.15, 0.2) is 42.9 Å². The maximum Gasteiger partial charge on any atom is 0.255 e. The van der Waals surface area contributed by atoms with E-state index in [1.165, 1.54) is 23.7 Å². The number of nitrogens with zero attached hydrogens (tertiary/aromatic N) is 7. The summed E-state index contributed by atoms with van der Waals surface area (Å²) in [6.45, 7) is 2.67. The largest absolute Gasteiger partial charge is 0.343 e. The molecule has 1 saturated heterocycles. The van der Waals surface area contributed by atoms with Gasteiger partial charge >= 0.3 is 0 Å². The predicted molar refractivity (Wildman–Crippen MR) is 109 cm³/mol. The van der Waals surface area contributed by atoms with Crippen molar-refractivity contribution in [1.82, 2.24) is 35.5 Å². The number of hydrogen-bond donors (Lipinski definition) is 2. The maximum absolute atomic E-state index is 12.5. The second kappa shape index (κ2) is 7.43. The number of aromatic nitrogens is 6. The van der Waals surface area contributed by atoms with Gasteiger partial charge in [-0.25, -0.2) is 0 Å². The highest BCUT2D eigenvalue weighted by molar-refractivity contribution is 7.19. The van der Waals surface area contributed by atoms with Crippen LogP contribution in [0.2, 0.25) is 0 Å². The lowest BCUT2D eigenvalue weighted by Gasteiger charge is -2.34. The summed E-state index contributed by atoms with van der Waals surface area (Å²) in [5.41, 5.74) is 2.48. The van der Waals surface area contributed by atoms with Crippen LogP contribution >= 0.6 is 11.3 Å². The van der Waals surface area contributed by atoms with Crippen LogP contribution in [-0.4, -0.2) is 67.6 Å². The Kier molecular flexibility index (Phi) is 4.48. The summed E-state index contributed by atoms with van der Waals surface area (Å²) in [6, 6.07) is 7.64. The van der Waals surface area contributed by atoms with Gasteiger partial charge in [0.05, 0.1) is 29.7 Å². The van der Waals surface area contributed by atoms with E-state index in [2.05, 4.69) is 40.8 Å². The number of hydrogen-bond acceptors (Lipinski definition) is 9. The summed E-state index contributed by atoms with van der Waals surface area (Å²) in [4.78, 5) is 16.5. The molecule has 1 aromatic carbocycles. The molecule has 146 valence electrons. The Hall–Kier alpha value is -3.60. The van der Waals surface area contributed by atoms with Crippen molar-refractivity contribution < 1.29 is 4.79 Å². The van der Waals surface area contributed by atoms with Gasteiger partial charge in [-0.15, -0.1) is 10.2 Å². The molecular weight excluding hydrogens is 390 g/mol. The second-order valence-corrected chi connectivity index (χ2v) is 7.55. The molecule has 0 spiro atoms. The van der Waals surface area contributed by atoms with E-state index in [4.69, 9.17) is 0 Å². The predicted octanol–water partition coefficient (Wildman–Crippen LogP) is 1.91. The van der Waals surface area contributed by atoms with Gasteiger partial charge in [0.2, 0.25) is 10.3 Å². The van der Waals surface area contributed by atoms with Gasteiger partial charge in [0.1, 0.15) is 0 Å². The fourth-order valence-electron chi connectivity index (χ4n) is 3.24. The number of amides is 1. The molecule has 5 rings (SSSR count). The van der Waals surface area contributed by atoms with Gasteiger partial charge in [0.25, 0.3) is 5.91 Å². The number of nitrogens with one attached hydrogen (secondary N) is 2. The molecule has 1 fully saturated rings. The molecule has 11 heteroatoms. The first-order valence-corrected chi connectivity index (χ1v) is 9.92. The number of aromatic amines is 1. The molecule has 1 aliphatic rings. The summed E-state index contributed by atoms with van der Waals surface area (Å²) >= 11 is 1.50. The number of H-pyrrole nitrogens is 1. The molecule has 4 aromatic rings. The van der Waals surface area contributed by atoms with Crippen LogP contribution in [0.25, 0.3) is 10.9 Å². The normalized spacial score (nSPS) is 14.3. The van der Waals surface area contributed by atoms with Gasteiger partial charge in [0.15, 0.2) is 0 Å². The molecule has 0 aliphatic carbocycles. The lowest BCUT2D eigenvalue weighted by atomic mass is 10.2. The lowest BCUT2D eigenvalue weighted by molar-refractivity contribution is 0.0746. The van der Waals surface area contributed by atoms with Crippen molar-refractivity contribution in [2.75, 3.05) is 36.4 Å². The molecule has 1 aliphatic heterocycles. The van der Waals surface area contributed by atoms with Gasteiger partial charge in [-0.2, -0.15) is 15.3 Å². The minimum absolute atomic E-state index is 0.0196. The molecule has 0 unspecified atom stereocenters. The van der Waals surface area contributed by atoms with Crippen molar-refractivity contribution in [2.45, 2.75) is 0 Å². The zero-order valence-corrected chi connectivity index (χ0v) is 16.1. The Morgan fingerprint density at radius 1 is 1.07 bits per heavy atom. The molecular formula is C18H17N9OS. The summed E-state index contributed by atoms with van der Waals surface area (Å²) in [7, 11) is 0. The zero-order valence-electron chi connectivity index (χ0n) is 15.3. The molecule has 0 bridgehead atoms. The van der Waals surface area contributed by atoms with E-state index in [1.54, 1.807) is 12.3 Å². The van der Waals surface area contributed by atoms with Crippen LogP contribution in [-0.2, 0) is 0 Å². The second-order valence-electron chi connectivity index (χ2n) is 6.60. The van der Waals surface area contributed by atoms with Gasteiger partial charge in [-0.3, -0.25) is 9.89 Å². The fraction of sp³-hybridized carbons (Fsp3) is 0.222. The van der Waals surface area contributed by atoms with E-state index in [0.29, 0.717) is 31.7 Å². The standard InChI is InChI=1S/C18H17N9OS/c28-16(12-3-4-19-20-10-12)26-5-7-27(8-6-26)18-25-24-17(29-18)22-14-1-2-15-13(9-14)11-21-23-15/h1-4,9-11H,5-8H2,(H,21,23)(H,22,24). The summed E-state index contributed by atoms with van der Waals surface area (Å²) in [5, 5.41) is 28.9. The highest BCUT2D eigenvalue weighted by atomic mass is 32.1. The van der Waals surface area contributed by atoms with E-state index in [1.807, 2.05) is 23.1 Å². The minimum Gasteiger partial charge on any atom is -0.343 e. The number of rotatable bonds is 4. The van der Waals surface area contributed by atoms with Crippen LogP contribution < -0.4 is 10.2 Å². The smallest absolute Gasteiger partial charge is 0.255 e. The molecule has 0 saturated carbocycles. The molecule has 4 heterocycles. The minimum atomic E-state index is -0.0196. The van der Waals surface area contributed by atoms with E-state index < -0.39 is 0 Å².